The second-order valence-electron chi connectivity index (χ2n) is 5.24. The maximum absolute atomic E-state index is 6.09. The van der Waals surface area contributed by atoms with Crippen molar-refractivity contribution in [1.29, 1.82) is 0 Å². The quantitative estimate of drug-likeness (QED) is 0.702. The summed E-state index contributed by atoms with van der Waals surface area (Å²) in [7, 11) is 0. The van der Waals surface area contributed by atoms with E-state index in [1.54, 1.807) is 0 Å². The Morgan fingerprint density at radius 2 is 1.62 bits per heavy atom. The van der Waals surface area contributed by atoms with E-state index in [1.165, 1.54) is 71.2 Å². The van der Waals surface area contributed by atoms with Gasteiger partial charge in [0, 0.05) is 25.0 Å². The Labute approximate surface area is 105 Å². The van der Waals surface area contributed by atoms with Crippen molar-refractivity contribution >= 4 is 11.6 Å². The van der Waals surface area contributed by atoms with Crippen molar-refractivity contribution in [2.45, 2.75) is 44.6 Å². The van der Waals surface area contributed by atoms with Crippen LogP contribution in [0.5, 0.6) is 0 Å². The van der Waals surface area contributed by atoms with E-state index in [0.29, 0.717) is 6.04 Å². The molecule has 3 heteroatoms. The predicted octanol–water partition coefficient (Wildman–Crippen LogP) is 2.57. The van der Waals surface area contributed by atoms with Crippen LogP contribution in [0.1, 0.15) is 38.5 Å². The first-order valence-corrected chi connectivity index (χ1v) is 7.46. The third-order valence-electron chi connectivity index (χ3n) is 4.08. The molecule has 0 bridgehead atoms. The number of hydrogen-bond acceptors (Lipinski definition) is 2. The molecule has 0 N–H and O–H groups in total. The number of nitrogens with zero attached hydrogens (tertiary/aromatic N) is 2. The third kappa shape index (κ3) is 3.61. The van der Waals surface area contributed by atoms with Crippen molar-refractivity contribution in [1.82, 2.24) is 9.80 Å². The largest absolute Gasteiger partial charge is 0.302 e. The van der Waals surface area contributed by atoms with E-state index in [4.69, 9.17) is 11.6 Å². The second-order valence-corrected chi connectivity index (χ2v) is 5.55. The smallest absolute Gasteiger partial charge is 0.0379 e. The molecule has 2 aliphatic rings. The molecule has 0 saturated carbocycles. The molecule has 16 heavy (non-hydrogen) atoms. The van der Waals surface area contributed by atoms with Gasteiger partial charge in [-0.05, 0) is 45.3 Å². The highest BCUT2D eigenvalue weighted by molar-refractivity contribution is 6.18. The normalized spacial score (nSPS) is 29.4. The molecule has 0 amide bonds. The Kier molecular flexibility index (Phi) is 5.40. The van der Waals surface area contributed by atoms with E-state index in [-0.39, 0.29) is 0 Å². The van der Waals surface area contributed by atoms with Gasteiger partial charge in [-0.25, -0.2) is 0 Å². The first kappa shape index (κ1) is 12.7. The molecule has 0 aromatic heterocycles. The molecule has 1 atom stereocenters. The van der Waals surface area contributed by atoms with Crippen LogP contribution in [0.4, 0.5) is 0 Å². The Morgan fingerprint density at radius 1 is 0.875 bits per heavy atom. The summed E-state index contributed by atoms with van der Waals surface area (Å²) in [4.78, 5) is 5.24. The number of halogens is 1. The predicted molar refractivity (Wildman–Crippen MR) is 70.2 cm³/mol. The minimum Gasteiger partial charge on any atom is -0.302 e. The highest BCUT2D eigenvalue weighted by Gasteiger charge is 2.21. The average molecular weight is 245 g/mol. The van der Waals surface area contributed by atoms with Gasteiger partial charge in [0.05, 0.1) is 0 Å². The van der Waals surface area contributed by atoms with Gasteiger partial charge in [0.15, 0.2) is 0 Å². The van der Waals surface area contributed by atoms with Gasteiger partial charge in [-0.15, -0.1) is 11.6 Å². The molecular formula is C13H25ClN2. The van der Waals surface area contributed by atoms with Crippen molar-refractivity contribution in [3.63, 3.8) is 0 Å². The molecular weight excluding hydrogens is 220 g/mol. The van der Waals surface area contributed by atoms with Crippen LogP contribution in [0.25, 0.3) is 0 Å². The van der Waals surface area contributed by atoms with Gasteiger partial charge in [0.1, 0.15) is 0 Å². The summed E-state index contributed by atoms with van der Waals surface area (Å²) in [6.07, 6.45) is 8.25. The molecule has 2 heterocycles. The lowest BCUT2D eigenvalue weighted by Crippen LogP contribution is -2.41. The molecule has 0 aliphatic carbocycles. The third-order valence-corrected chi connectivity index (χ3v) is 4.44. The van der Waals surface area contributed by atoms with Gasteiger partial charge in [-0.1, -0.05) is 12.8 Å². The van der Waals surface area contributed by atoms with E-state index in [2.05, 4.69) is 9.80 Å². The Bertz CT molecular complexity index is 192. The molecule has 0 spiro atoms. The molecule has 0 aromatic carbocycles. The van der Waals surface area contributed by atoms with E-state index < -0.39 is 0 Å². The van der Waals surface area contributed by atoms with Crippen molar-refractivity contribution < 1.29 is 0 Å². The molecule has 1 unspecified atom stereocenters. The molecule has 2 nitrogen and oxygen atoms in total. The van der Waals surface area contributed by atoms with Gasteiger partial charge >= 0.3 is 0 Å². The van der Waals surface area contributed by atoms with E-state index in [1.807, 2.05) is 0 Å². The standard InChI is InChI=1S/C13H25ClN2/c14-12-13-6-2-1-3-9-16(13)11-10-15-7-4-5-8-15/h13H,1-12H2. The highest BCUT2D eigenvalue weighted by atomic mass is 35.5. The summed E-state index contributed by atoms with van der Waals surface area (Å²) in [5.41, 5.74) is 0. The number of likely N-dealkylation sites (tertiary alicyclic amines) is 2. The fourth-order valence-corrected chi connectivity index (χ4v) is 3.33. The topological polar surface area (TPSA) is 6.48 Å². The summed E-state index contributed by atoms with van der Waals surface area (Å²) >= 11 is 6.09. The van der Waals surface area contributed by atoms with Gasteiger partial charge < -0.3 is 4.90 Å². The molecule has 2 saturated heterocycles. The monoisotopic (exact) mass is 244 g/mol. The summed E-state index contributed by atoms with van der Waals surface area (Å²) in [6, 6.07) is 0.645. The SMILES string of the molecule is ClCC1CCCCCN1CCN1CCCC1. The van der Waals surface area contributed by atoms with Gasteiger partial charge in [-0.2, -0.15) is 0 Å². The maximum Gasteiger partial charge on any atom is 0.0379 e. The second kappa shape index (κ2) is 6.83. The minimum absolute atomic E-state index is 0.645. The molecule has 2 rings (SSSR count). The van der Waals surface area contributed by atoms with E-state index in [9.17, 15) is 0 Å². The summed E-state index contributed by atoms with van der Waals surface area (Å²) < 4.78 is 0. The highest BCUT2D eigenvalue weighted by Crippen LogP contribution is 2.18. The first-order valence-electron chi connectivity index (χ1n) is 6.92. The molecule has 0 aromatic rings. The van der Waals surface area contributed by atoms with E-state index in [0.717, 1.165) is 5.88 Å². The average Bonchev–Trinajstić information content (AvgIpc) is 2.71. The molecule has 0 radical (unpaired) electrons. The molecule has 2 aliphatic heterocycles. The van der Waals surface area contributed by atoms with Crippen molar-refractivity contribution in [3.8, 4) is 0 Å². The maximum atomic E-state index is 6.09. The van der Waals surface area contributed by atoms with Crippen LogP contribution in [0.2, 0.25) is 0 Å². The van der Waals surface area contributed by atoms with Crippen LogP contribution in [0, 0.1) is 0 Å². The number of hydrogen-bond donors (Lipinski definition) is 0. The molecule has 94 valence electrons. The van der Waals surface area contributed by atoms with E-state index >= 15 is 0 Å². The van der Waals surface area contributed by atoms with Crippen LogP contribution in [0.3, 0.4) is 0 Å². The lowest BCUT2D eigenvalue weighted by Gasteiger charge is -2.30. The zero-order valence-electron chi connectivity index (χ0n) is 10.3. The van der Waals surface area contributed by atoms with Crippen LogP contribution < -0.4 is 0 Å². The fourth-order valence-electron chi connectivity index (χ4n) is 2.98. The van der Waals surface area contributed by atoms with Crippen LogP contribution in [-0.4, -0.2) is 54.4 Å². The van der Waals surface area contributed by atoms with Gasteiger partial charge in [0.2, 0.25) is 0 Å². The van der Waals surface area contributed by atoms with Crippen LogP contribution >= 0.6 is 11.6 Å². The summed E-state index contributed by atoms with van der Waals surface area (Å²) in [5, 5.41) is 0. The summed E-state index contributed by atoms with van der Waals surface area (Å²) in [6.45, 7) is 6.40. The zero-order valence-corrected chi connectivity index (χ0v) is 11.1. The van der Waals surface area contributed by atoms with Crippen LogP contribution in [0.15, 0.2) is 0 Å². The zero-order chi connectivity index (χ0) is 11.2. The van der Waals surface area contributed by atoms with Gasteiger partial charge in [-0.3, -0.25) is 4.90 Å². The molecule has 2 fully saturated rings. The first-order chi connectivity index (χ1) is 7.90. The minimum atomic E-state index is 0.645. The Morgan fingerprint density at radius 3 is 2.38 bits per heavy atom. The summed E-state index contributed by atoms with van der Waals surface area (Å²) in [5.74, 6) is 0.819. The lowest BCUT2D eigenvalue weighted by molar-refractivity contribution is 0.185. The number of alkyl halides is 1. The fraction of sp³-hybridized carbons (Fsp3) is 1.00. The van der Waals surface area contributed by atoms with Crippen molar-refractivity contribution in [2.24, 2.45) is 0 Å². The van der Waals surface area contributed by atoms with Gasteiger partial charge in [0.25, 0.3) is 0 Å². The Balaban J connectivity index is 1.75. The van der Waals surface area contributed by atoms with Crippen LogP contribution in [-0.2, 0) is 0 Å². The van der Waals surface area contributed by atoms with Crippen molar-refractivity contribution in [2.75, 3.05) is 38.6 Å². The Hall–Kier alpha value is 0.210. The lowest BCUT2D eigenvalue weighted by atomic mass is 10.1. The number of rotatable bonds is 4. The van der Waals surface area contributed by atoms with Crippen molar-refractivity contribution in [3.05, 3.63) is 0 Å².